The van der Waals surface area contributed by atoms with Crippen LogP contribution < -0.4 is 10.5 Å². The largest absolute Gasteiger partial charge is 0.491 e. The van der Waals surface area contributed by atoms with Crippen LogP contribution in [0, 0.1) is 22.7 Å². The molecule has 0 amide bonds. The number of ether oxygens (including phenoxy) is 1. The number of anilines is 1. The van der Waals surface area contributed by atoms with Crippen LogP contribution in [0.4, 0.5) is 5.82 Å². The summed E-state index contributed by atoms with van der Waals surface area (Å²) in [4.78, 5) is 8.64. The molecule has 0 fully saturated rings. The second kappa shape index (κ2) is 11.8. The molecule has 2 aromatic carbocycles. The van der Waals surface area contributed by atoms with Crippen molar-refractivity contribution in [3.8, 4) is 40.3 Å². The van der Waals surface area contributed by atoms with E-state index < -0.39 is 12.7 Å². The fourth-order valence-corrected chi connectivity index (χ4v) is 4.56. The highest BCUT2D eigenvalue weighted by molar-refractivity contribution is 7.98. The standard InChI is InChI=1S/C26H20ClN5O4S/c27-17-5-1-16(2-6-17)24-22(31-14-36-24)13-37-26-21(10-29)23(20(9-28)25(30)32-26)15-3-7-19(8-4-15)35-12-18(34)11-33/h1-8,14,18,33-34H,11-13H2,(H2,30,32). The Bertz CT molecular complexity index is 1480. The molecule has 9 nitrogen and oxygen atoms in total. The maximum atomic E-state index is 10.0. The number of pyridine rings is 1. The monoisotopic (exact) mass is 533 g/mol. The van der Waals surface area contributed by atoms with Crippen molar-refractivity contribution in [1.82, 2.24) is 9.97 Å². The first kappa shape index (κ1) is 26.0. The molecule has 2 aromatic heterocycles. The number of nitrogen functional groups attached to an aromatic ring is 1. The molecule has 0 saturated heterocycles. The van der Waals surface area contributed by atoms with E-state index >= 15 is 0 Å². The number of rotatable bonds is 9. The van der Waals surface area contributed by atoms with Crippen LogP contribution >= 0.6 is 23.4 Å². The molecule has 0 radical (unpaired) electrons. The predicted molar refractivity (Wildman–Crippen MR) is 139 cm³/mol. The van der Waals surface area contributed by atoms with Crippen molar-refractivity contribution in [1.29, 1.82) is 10.5 Å². The van der Waals surface area contributed by atoms with E-state index in [1.807, 2.05) is 12.1 Å². The third-order valence-corrected chi connectivity index (χ3v) is 6.54. The van der Waals surface area contributed by atoms with Gasteiger partial charge < -0.3 is 25.1 Å². The van der Waals surface area contributed by atoms with Crippen LogP contribution in [0.5, 0.6) is 5.75 Å². The predicted octanol–water partition coefficient (Wildman–Crippen LogP) is 4.41. The number of hydrogen-bond donors (Lipinski definition) is 3. The summed E-state index contributed by atoms with van der Waals surface area (Å²) in [5, 5.41) is 39.2. The molecule has 11 heteroatoms. The van der Waals surface area contributed by atoms with E-state index in [1.54, 1.807) is 36.4 Å². The van der Waals surface area contributed by atoms with E-state index in [0.29, 0.717) is 44.1 Å². The van der Waals surface area contributed by atoms with E-state index in [-0.39, 0.29) is 23.6 Å². The number of thioether (sulfide) groups is 1. The molecule has 186 valence electrons. The number of nitrogens with two attached hydrogens (primary N) is 1. The molecule has 0 saturated carbocycles. The van der Waals surface area contributed by atoms with Gasteiger partial charge in [0.15, 0.2) is 12.2 Å². The van der Waals surface area contributed by atoms with Gasteiger partial charge in [-0.2, -0.15) is 10.5 Å². The summed E-state index contributed by atoms with van der Waals surface area (Å²) in [6, 6.07) is 18.0. The number of nitrogens with zero attached hydrogens (tertiary/aromatic N) is 4. The van der Waals surface area contributed by atoms with Crippen LogP contribution in [0.3, 0.4) is 0 Å². The highest BCUT2D eigenvalue weighted by Crippen LogP contribution is 2.38. The minimum Gasteiger partial charge on any atom is -0.491 e. The summed E-state index contributed by atoms with van der Waals surface area (Å²) in [7, 11) is 0. The lowest BCUT2D eigenvalue weighted by molar-refractivity contribution is 0.0536. The molecule has 0 aliphatic rings. The molecule has 0 aliphatic carbocycles. The van der Waals surface area contributed by atoms with Gasteiger partial charge >= 0.3 is 0 Å². The molecule has 1 unspecified atom stereocenters. The highest BCUT2D eigenvalue weighted by atomic mass is 35.5. The number of aliphatic hydroxyl groups excluding tert-OH is 2. The zero-order chi connectivity index (χ0) is 26.4. The fourth-order valence-electron chi connectivity index (χ4n) is 3.50. The number of hydrogen-bond acceptors (Lipinski definition) is 10. The molecule has 1 atom stereocenters. The molecule has 0 bridgehead atoms. The Labute approximate surface area is 221 Å². The lowest BCUT2D eigenvalue weighted by Gasteiger charge is -2.14. The molecule has 0 aliphatic heterocycles. The average molecular weight is 534 g/mol. The Morgan fingerprint density at radius 2 is 1.73 bits per heavy atom. The van der Waals surface area contributed by atoms with Crippen LogP contribution in [0.1, 0.15) is 16.8 Å². The molecule has 4 aromatic rings. The quantitative estimate of drug-likeness (QED) is 0.263. The molecule has 4 N–H and O–H groups in total. The van der Waals surface area contributed by atoms with Gasteiger partial charge in [0, 0.05) is 21.9 Å². The molecular formula is C26H20ClN5O4S. The summed E-state index contributed by atoms with van der Waals surface area (Å²) >= 11 is 7.24. The number of halogens is 1. The van der Waals surface area contributed by atoms with Crippen molar-refractivity contribution in [3.05, 3.63) is 76.8 Å². The first-order valence-corrected chi connectivity index (χ1v) is 12.3. The van der Waals surface area contributed by atoms with E-state index in [0.717, 1.165) is 5.56 Å². The fraction of sp³-hybridized carbons (Fsp3) is 0.154. The molecule has 0 spiro atoms. The Balaban J connectivity index is 1.65. The number of aliphatic hydroxyl groups is 2. The lowest BCUT2D eigenvalue weighted by atomic mass is 9.97. The van der Waals surface area contributed by atoms with Crippen LogP contribution in [-0.4, -0.2) is 39.5 Å². The van der Waals surface area contributed by atoms with E-state index in [9.17, 15) is 15.6 Å². The highest BCUT2D eigenvalue weighted by Gasteiger charge is 2.22. The number of benzene rings is 2. The van der Waals surface area contributed by atoms with Crippen molar-refractivity contribution in [2.75, 3.05) is 18.9 Å². The van der Waals surface area contributed by atoms with Gasteiger partial charge in [-0.1, -0.05) is 35.5 Å². The Hall–Kier alpha value is -4.06. The number of oxazole rings is 1. The summed E-state index contributed by atoms with van der Waals surface area (Å²) < 4.78 is 11.0. The van der Waals surface area contributed by atoms with Gasteiger partial charge in [0.1, 0.15) is 47.0 Å². The van der Waals surface area contributed by atoms with E-state index in [1.165, 1.54) is 18.2 Å². The Morgan fingerprint density at radius 1 is 1.05 bits per heavy atom. The van der Waals surface area contributed by atoms with Gasteiger partial charge in [-0.05, 0) is 42.0 Å². The zero-order valence-corrected chi connectivity index (χ0v) is 20.8. The molecule has 37 heavy (non-hydrogen) atoms. The third-order valence-electron chi connectivity index (χ3n) is 5.30. The van der Waals surface area contributed by atoms with Gasteiger partial charge in [-0.25, -0.2) is 9.97 Å². The second-order valence-corrected chi connectivity index (χ2v) is 9.15. The van der Waals surface area contributed by atoms with Crippen LogP contribution in [-0.2, 0) is 5.75 Å². The van der Waals surface area contributed by atoms with E-state index in [2.05, 4.69) is 22.1 Å². The number of aromatic nitrogens is 2. The topological polar surface area (TPSA) is 162 Å². The third kappa shape index (κ3) is 5.85. The first-order valence-electron chi connectivity index (χ1n) is 10.9. The normalized spacial score (nSPS) is 11.5. The maximum absolute atomic E-state index is 10.0. The van der Waals surface area contributed by atoms with Crippen LogP contribution in [0.15, 0.2) is 64.4 Å². The van der Waals surface area contributed by atoms with Crippen molar-refractivity contribution >= 4 is 29.2 Å². The second-order valence-electron chi connectivity index (χ2n) is 7.75. The SMILES string of the molecule is N#Cc1c(N)nc(SCc2ncoc2-c2ccc(Cl)cc2)c(C#N)c1-c1ccc(OCC(O)CO)cc1. The maximum Gasteiger partial charge on any atom is 0.181 e. The summed E-state index contributed by atoms with van der Waals surface area (Å²) in [6.07, 6.45) is 0.347. The zero-order valence-electron chi connectivity index (χ0n) is 19.3. The summed E-state index contributed by atoms with van der Waals surface area (Å²) in [6.45, 7) is -0.493. The smallest absolute Gasteiger partial charge is 0.181 e. The Kier molecular flexibility index (Phi) is 8.29. The molecular weight excluding hydrogens is 514 g/mol. The van der Waals surface area contributed by atoms with Crippen LogP contribution in [0.25, 0.3) is 22.5 Å². The first-order chi connectivity index (χ1) is 17.9. The van der Waals surface area contributed by atoms with Crippen molar-refractivity contribution in [2.24, 2.45) is 0 Å². The van der Waals surface area contributed by atoms with Crippen molar-refractivity contribution in [3.63, 3.8) is 0 Å². The van der Waals surface area contributed by atoms with Crippen molar-refractivity contribution < 1.29 is 19.4 Å². The number of nitriles is 2. The minimum atomic E-state index is -1.00. The van der Waals surface area contributed by atoms with E-state index in [4.69, 9.17) is 31.6 Å². The summed E-state index contributed by atoms with van der Waals surface area (Å²) in [5.74, 6) is 1.36. The van der Waals surface area contributed by atoms with Gasteiger partial charge in [-0.15, -0.1) is 0 Å². The van der Waals surface area contributed by atoms with Gasteiger partial charge in [0.05, 0.1) is 17.9 Å². The van der Waals surface area contributed by atoms with Gasteiger partial charge in [-0.3, -0.25) is 0 Å². The minimum absolute atomic E-state index is 0.00321. The van der Waals surface area contributed by atoms with Gasteiger partial charge in [0.2, 0.25) is 0 Å². The molecule has 4 rings (SSSR count). The molecule has 2 heterocycles. The Morgan fingerprint density at radius 3 is 2.38 bits per heavy atom. The average Bonchev–Trinajstić information content (AvgIpc) is 3.39. The van der Waals surface area contributed by atoms with Crippen LogP contribution in [0.2, 0.25) is 5.02 Å². The van der Waals surface area contributed by atoms with Crippen molar-refractivity contribution in [2.45, 2.75) is 16.9 Å². The lowest BCUT2D eigenvalue weighted by Crippen LogP contribution is -2.21. The van der Waals surface area contributed by atoms with Gasteiger partial charge in [0.25, 0.3) is 0 Å². The summed E-state index contributed by atoms with van der Waals surface area (Å²) in [5.41, 5.74) is 8.81.